The Morgan fingerprint density at radius 1 is 1.00 bits per heavy atom. The highest BCUT2D eigenvalue weighted by molar-refractivity contribution is 7.92. The SMILES string of the molecule is CN(C)Cc1cccc(NS(=O)(=O)c2ccc(-c3cnc(Cl)nc3)cc2)c1. The van der Waals surface area contributed by atoms with Gasteiger partial charge >= 0.3 is 0 Å². The van der Waals surface area contributed by atoms with Gasteiger partial charge in [-0.25, -0.2) is 18.4 Å². The second kappa shape index (κ2) is 8.04. The van der Waals surface area contributed by atoms with Gasteiger partial charge in [0.15, 0.2) is 0 Å². The Morgan fingerprint density at radius 3 is 2.30 bits per heavy atom. The number of sulfonamides is 1. The van der Waals surface area contributed by atoms with Gasteiger partial charge in [0.25, 0.3) is 10.0 Å². The van der Waals surface area contributed by atoms with Crippen LogP contribution in [-0.2, 0) is 16.6 Å². The second-order valence-electron chi connectivity index (χ2n) is 6.31. The molecule has 0 spiro atoms. The predicted molar refractivity (Wildman–Crippen MR) is 107 cm³/mol. The Labute approximate surface area is 163 Å². The van der Waals surface area contributed by atoms with E-state index >= 15 is 0 Å². The van der Waals surface area contributed by atoms with Crippen LogP contribution in [0.15, 0.2) is 65.8 Å². The number of anilines is 1. The van der Waals surface area contributed by atoms with E-state index in [0.717, 1.165) is 23.2 Å². The van der Waals surface area contributed by atoms with Crippen LogP contribution in [0.25, 0.3) is 11.1 Å². The van der Waals surface area contributed by atoms with Crippen molar-refractivity contribution < 1.29 is 8.42 Å². The molecule has 6 nitrogen and oxygen atoms in total. The van der Waals surface area contributed by atoms with Crippen molar-refractivity contribution in [3.63, 3.8) is 0 Å². The van der Waals surface area contributed by atoms with Gasteiger partial charge < -0.3 is 4.90 Å². The first-order valence-corrected chi connectivity index (χ1v) is 10.0. The molecule has 3 rings (SSSR count). The number of benzene rings is 2. The summed E-state index contributed by atoms with van der Waals surface area (Å²) in [6.07, 6.45) is 3.18. The van der Waals surface area contributed by atoms with Gasteiger partial charge in [0, 0.05) is 30.2 Å². The maximum absolute atomic E-state index is 12.7. The zero-order chi connectivity index (χ0) is 19.4. The molecule has 0 fully saturated rings. The van der Waals surface area contributed by atoms with Gasteiger partial charge in [-0.05, 0) is 61.1 Å². The van der Waals surface area contributed by atoms with E-state index in [1.54, 1.807) is 42.7 Å². The van der Waals surface area contributed by atoms with E-state index in [0.29, 0.717) is 5.69 Å². The summed E-state index contributed by atoms with van der Waals surface area (Å²) in [5.74, 6) is 0. The minimum absolute atomic E-state index is 0.165. The first kappa shape index (κ1) is 19.3. The third-order valence-corrected chi connectivity index (χ3v) is 5.39. The molecule has 2 aromatic carbocycles. The largest absolute Gasteiger partial charge is 0.305 e. The van der Waals surface area contributed by atoms with Crippen molar-refractivity contribution in [1.29, 1.82) is 0 Å². The minimum atomic E-state index is -3.68. The molecule has 0 bridgehead atoms. The zero-order valence-electron chi connectivity index (χ0n) is 14.9. The van der Waals surface area contributed by atoms with Crippen LogP contribution in [-0.4, -0.2) is 37.4 Å². The number of hydrogen-bond acceptors (Lipinski definition) is 5. The number of hydrogen-bond donors (Lipinski definition) is 1. The van der Waals surface area contributed by atoms with Gasteiger partial charge in [-0.15, -0.1) is 0 Å². The lowest BCUT2D eigenvalue weighted by molar-refractivity contribution is 0.402. The lowest BCUT2D eigenvalue weighted by Crippen LogP contribution is -2.14. The molecule has 1 heterocycles. The molecule has 27 heavy (non-hydrogen) atoms. The summed E-state index contributed by atoms with van der Waals surface area (Å²) in [5.41, 5.74) is 3.12. The quantitative estimate of drug-likeness (QED) is 0.637. The molecule has 3 aromatic rings. The topological polar surface area (TPSA) is 75.2 Å². The molecule has 0 saturated heterocycles. The van der Waals surface area contributed by atoms with E-state index in [2.05, 4.69) is 14.7 Å². The number of nitrogens with one attached hydrogen (secondary N) is 1. The monoisotopic (exact) mass is 402 g/mol. The van der Waals surface area contributed by atoms with Crippen LogP contribution >= 0.6 is 11.6 Å². The Kier molecular flexibility index (Phi) is 5.74. The molecule has 1 aromatic heterocycles. The zero-order valence-corrected chi connectivity index (χ0v) is 16.5. The highest BCUT2D eigenvalue weighted by Crippen LogP contribution is 2.22. The fraction of sp³-hybridized carbons (Fsp3) is 0.158. The standard InChI is InChI=1S/C19H19ClN4O2S/c1-24(2)13-14-4-3-5-17(10-14)23-27(25,26)18-8-6-15(7-9-18)16-11-21-19(20)22-12-16/h3-12,23H,13H2,1-2H3. The summed E-state index contributed by atoms with van der Waals surface area (Å²) in [7, 11) is 0.245. The molecule has 1 N–H and O–H groups in total. The van der Waals surface area contributed by atoms with E-state index in [4.69, 9.17) is 11.6 Å². The predicted octanol–water partition coefficient (Wildman–Crippen LogP) is 3.66. The third kappa shape index (κ3) is 5.03. The van der Waals surface area contributed by atoms with Crippen LogP contribution in [0.4, 0.5) is 5.69 Å². The Bertz CT molecular complexity index is 1020. The van der Waals surface area contributed by atoms with Gasteiger partial charge in [-0.2, -0.15) is 0 Å². The molecule has 0 aliphatic heterocycles. The van der Waals surface area contributed by atoms with Crippen LogP contribution in [0.3, 0.4) is 0 Å². The summed E-state index contributed by atoms with van der Waals surface area (Å²) in [6.45, 7) is 0.730. The molecule has 8 heteroatoms. The third-order valence-electron chi connectivity index (χ3n) is 3.80. The second-order valence-corrected chi connectivity index (χ2v) is 8.33. The first-order chi connectivity index (χ1) is 12.8. The van der Waals surface area contributed by atoms with E-state index in [1.807, 2.05) is 37.2 Å². The Morgan fingerprint density at radius 2 is 1.67 bits per heavy atom. The highest BCUT2D eigenvalue weighted by atomic mass is 35.5. The van der Waals surface area contributed by atoms with Crippen LogP contribution in [0.5, 0.6) is 0 Å². The summed E-state index contributed by atoms with van der Waals surface area (Å²) in [6, 6.07) is 13.9. The summed E-state index contributed by atoms with van der Waals surface area (Å²) in [4.78, 5) is 10.1. The van der Waals surface area contributed by atoms with Crippen molar-refractivity contribution in [3.05, 3.63) is 71.8 Å². The van der Waals surface area contributed by atoms with Crippen LogP contribution < -0.4 is 4.72 Å². The fourth-order valence-electron chi connectivity index (χ4n) is 2.60. The van der Waals surface area contributed by atoms with E-state index in [-0.39, 0.29) is 10.2 Å². The average Bonchev–Trinajstić information content (AvgIpc) is 2.62. The fourth-order valence-corrected chi connectivity index (χ4v) is 3.75. The van der Waals surface area contributed by atoms with Crippen molar-refractivity contribution in [1.82, 2.24) is 14.9 Å². The normalized spacial score (nSPS) is 11.6. The van der Waals surface area contributed by atoms with Gasteiger partial charge in [-0.1, -0.05) is 24.3 Å². The van der Waals surface area contributed by atoms with Crippen LogP contribution in [0.1, 0.15) is 5.56 Å². The molecule has 0 aliphatic rings. The van der Waals surface area contributed by atoms with Gasteiger partial charge in [-0.3, -0.25) is 4.72 Å². The number of rotatable bonds is 6. The molecule has 0 aliphatic carbocycles. The molecule has 0 radical (unpaired) electrons. The first-order valence-electron chi connectivity index (χ1n) is 8.18. The van der Waals surface area contributed by atoms with Crippen LogP contribution in [0, 0.1) is 0 Å². The lowest BCUT2D eigenvalue weighted by atomic mass is 10.1. The van der Waals surface area contributed by atoms with Gasteiger partial charge in [0.1, 0.15) is 0 Å². The number of nitrogens with zero attached hydrogens (tertiary/aromatic N) is 3. The van der Waals surface area contributed by atoms with Crippen molar-refractivity contribution in [2.24, 2.45) is 0 Å². The Hall–Kier alpha value is -2.48. The molecule has 0 atom stereocenters. The van der Waals surface area contributed by atoms with Crippen molar-refractivity contribution in [2.45, 2.75) is 11.4 Å². The summed E-state index contributed by atoms with van der Waals surface area (Å²) < 4.78 is 28.0. The molecule has 0 saturated carbocycles. The number of aromatic nitrogens is 2. The molecule has 140 valence electrons. The van der Waals surface area contributed by atoms with Crippen molar-refractivity contribution >= 4 is 27.3 Å². The molecular formula is C19H19ClN4O2S. The summed E-state index contributed by atoms with van der Waals surface area (Å²) in [5, 5.41) is 0.165. The van der Waals surface area contributed by atoms with Gasteiger partial charge in [0.2, 0.25) is 5.28 Å². The van der Waals surface area contributed by atoms with Crippen molar-refractivity contribution in [2.75, 3.05) is 18.8 Å². The van der Waals surface area contributed by atoms with Gasteiger partial charge in [0.05, 0.1) is 4.90 Å². The maximum atomic E-state index is 12.7. The van der Waals surface area contributed by atoms with E-state index in [1.165, 1.54) is 0 Å². The van der Waals surface area contributed by atoms with E-state index < -0.39 is 10.0 Å². The molecule has 0 unspecified atom stereocenters. The smallest absolute Gasteiger partial charge is 0.261 e. The Balaban J connectivity index is 1.80. The average molecular weight is 403 g/mol. The molecule has 0 amide bonds. The minimum Gasteiger partial charge on any atom is -0.305 e. The van der Waals surface area contributed by atoms with Crippen LogP contribution in [0.2, 0.25) is 5.28 Å². The maximum Gasteiger partial charge on any atom is 0.261 e. The van der Waals surface area contributed by atoms with E-state index in [9.17, 15) is 8.42 Å². The number of halogens is 1. The summed E-state index contributed by atoms with van der Waals surface area (Å²) >= 11 is 5.69. The van der Waals surface area contributed by atoms with Crippen molar-refractivity contribution in [3.8, 4) is 11.1 Å². The highest BCUT2D eigenvalue weighted by Gasteiger charge is 2.14. The lowest BCUT2D eigenvalue weighted by Gasteiger charge is -2.12. The molecular weight excluding hydrogens is 384 g/mol.